The number of sulfonamides is 1. The van der Waals surface area contributed by atoms with E-state index in [-0.39, 0.29) is 22.8 Å². The van der Waals surface area contributed by atoms with Gasteiger partial charge in [-0.15, -0.1) is 0 Å². The van der Waals surface area contributed by atoms with E-state index in [1.165, 1.54) is 10.9 Å². The monoisotopic (exact) mass is 476 g/mol. The fraction of sp³-hybridized carbons (Fsp3) is 0.250. The molecule has 166 valence electrons. The predicted molar refractivity (Wildman–Crippen MR) is 115 cm³/mol. The summed E-state index contributed by atoms with van der Waals surface area (Å²) in [4.78, 5) is 15.6. The molecule has 2 aromatic heterocycles. The molecule has 4 aromatic rings. The quantitative estimate of drug-likeness (QED) is 0.452. The number of aromatic nitrogens is 3. The van der Waals surface area contributed by atoms with Gasteiger partial charge >= 0.3 is 5.76 Å². The van der Waals surface area contributed by atoms with Crippen molar-refractivity contribution >= 4 is 37.8 Å². The number of benzene rings is 2. The fourth-order valence-corrected chi connectivity index (χ4v) is 5.71. The number of hydrogen-bond donors (Lipinski definition) is 2. The maximum absolute atomic E-state index is 14.9. The highest BCUT2D eigenvalue weighted by Gasteiger charge is 2.25. The lowest BCUT2D eigenvalue weighted by molar-refractivity contribution is 0.158. The van der Waals surface area contributed by atoms with Gasteiger partial charge in [-0.05, 0) is 36.0 Å². The molecule has 1 aliphatic carbocycles. The zero-order valence-electron chi connectivity index (χ0n) is 16.5. The summed E-state index contributed by atoms with van der Waals surface area (Å²) in [6.45, 7) is 0.107. The zero-order chi connectivity index (χ0) is 22.5. The maximum Gasteiger partial charge on any atom is 0.420 e. The van der Waals surface area contributed by atoms with Crippen LogP contribution in [0.5, 0.6) is 0 Å². The largest absolute Gasteiger partial charge is 0.420 e. The highest BCUT2D eigenvalue weighted by Crippen LogP contribution is 2.28. The van der Waals surface area contributed by atoms with Crippen molar-refractivity contribution in [3.63, 3.8) is 0 Å². The highest BCUT2D eigenvalue weighted by atomic mass is 32.2. The van der Waals surface area contributed by atoms with Crippen LogP contribution in [0.15, 0.2) is 50.8 Å². The molecule has 0 saturated carbocycles. The molecule has 2 aromatic carbocycles. The normalized spacial score (nSPS) is 16.2. The van der Waals surface area contributed by atoms with Crippen LogP contribution in [-0.4, -0.2) is 33.6 Å². The molecule has 1 atom stereocenters. The summed E-state index contributed by atoms with van der Waals surface area (Å²) in [5.41, 5.74) is 2.97. The standard InChI is InChI=1S/C20H17FN4O5S2/c21-15-7-16-17(8-18(15)32(28,29)24-19-22-10-23-31-19)30-20(27)25(16)9-12-3-1-2-11-4-5-13(26)6-14(11)12/h1-3,7-8,10,13,26H,4-6,9H2,(H,22,23,24). The lowest BCUT2D eigenvalue weighted by atomic mass is 9.86. The molecule has 1 aliphatic rings. The van der Waals surface area contributed by atoms with E-state index in [9.17, 15) is 22.7 Å². The van der Waals surface area contributed by atoms with Gasteiger partial charge in [0, 0.05) is 23.7 Å². The number of rotatable bonds is 5. The molecule has 32 heavy (non-hydrogen) atoms. The first-order chi connectivity index (χ1) is 15.3. The van der Waals surface area contributed by atoms with Crippen molar-refractivity contribution in [1.29, 1.82) is 0 Å². The zero-order valence-corrected chi connectivity index (χ0v) is 18.1. The maximum atomic E-state index is 14.9. The van der Waals surface area contributed by atoms with Crippen molar-refractivity contribution < 1.29 is 22.3 Å². The number of hydrogen-bond acceptors (Lipinski definition) is 8. The summed E-state index contributed by atoms with van der Waals surface area (Å²) in [5.74, 6) is -1.77. The second kappa shape index (κ2) is 7.80. The molecular weight excluding hydrogens is 459 g/mol. The number of halogens is 1. The summed E-state index contributed by atoms with van der Waals surface area (Å²) in [7, 11) is -4.30. The van der Waals surface area contributed by atoms with Crippen molar-refractivity contribution in [2.75, 3.05) is 4.72 Å². The first kappa shape index (κ1) is 20.8. The molecule has 0 amide bonds. The molecule has 0 bridgehead atoms. The number of oxazole rings is 1. The first-order valence-corrected chi connectivity index (χ1v) is 12.0. The van der Waals surface area contributed by atoms with Gasteiger partial charge in [0.1, 0.15) is 17.0 Å². The molecule has 0 radical (unpaired) electrons. The van der Waals surface area contributed by atoms with E-state index in [1.54, 1.807) is 0 Å². The Morgan fingerprint density at radius 1 is 1.34 bits per heavy atom. The smallest absolute Gasteiger partial charge is 0.408 e. The molecule has 0 spiro atoms. The molecule has 0 saturated heterocycles. The number of aryl methyl sites for hydroxylation is 1. The molecule has 2 N–H and O–H groups in total. The lowest BCUT2D eigenvalue weighted by Gasteiger charge is -2.23. The van der Waals surface area contributed by atoms with Crippen LogP contribution in [0, 0.1) is 5.82 Å². The predicted octanol–water partition coefficient (Wildman–Crippen LogP) is 2.28. The van der Waals surface area contributed by atoms with Gasteiger partial charge in [-0.2, -0.15) is 4.37 Å². The van der Waals surface area contributed by atoms with Crippen molar-refractivity contribution in [2.45, 2.75) is 36.8 Å². The van der Waals surface area contributed by atoms with E-state index in [0.717, 1.165) is 46.8 Å². The molecule has 0 aliphatic heterocycles. The lowest BCUT2D eigenvalue weighted by Crippen LogP contribution is -2.22. The number of nitrogens with one attached hydrogen (secondary N) is 1. The van der Waals surface area contributed by atoms with Gasteiger partial charge in [-0.1, -0.05) is 18.2 Å². The highest BCUT2D eigenvalue weighted by molar-refractivity contribution is 7.93. The molecule has 2 heterocycles. The molecular formula is C20H17FN4O5S2. The number of anilines is 1. The van der Waals surface area contributed by atoms with Crippen LogP contribution in [0.3, 0.4) is 0 Å². The van der Waals surface area contributed by atoms with Gasteiger partial charge < -0.3 is 9.52 Å². The Morgan fingerprint density at radius 2 is 2.19 bits per heavy atom. The summed E-state index contributed by atoms with van der Waals surface area (Å²) in [6, 6.07) is 7.67. The topological polar surface area (TPSA) is 127 Å². The second-order valence-corrected chi connectivity index (χ2v) is 9.94. The Bertz CT molecular complexity index is 1480. The Morgan fingerprint density at radius 3 is 2.97 bits per heavy atom. The van der Waals surface area contributed by atoms with E-state index in [2.05, 4.69) is 14.1 Å². The number of aliphatic hydroxyl groups is 1. The average molecular weight is 477 g/mol. The van der Waals surface area contributed by atoms with Gasteiger partial charge in [0.15, 0.2) is 5.58 Å². The van der Waals surface area contributed by atoms with E-state index in [4.69, 9.17) is 4.42 Å². The van der Waals surface area contributed by atoms with Crippen LogP contribution < -0.4 is 10.5 Å². The van der Waals surface area contributed by atoms with E-state index in [0.29, 0.717) is 12.8 Å². The second-order valence-electron chi connectivity index (χ2n) is 7.51. The Hall–Kier alpha value is -3.09. The third-order valence-electron chi connectivity index (χ3n) is 5.48. The molecule has 9 nitrogen and oxygen atoms in total. The Kier molecular flexibility index (Phi) is 5.07. The Balaban J connectivity index is 1.55. The third-order valence-corrected chi connectivity index (χ3v) is 7.54. The van der Waals surface area contributed by atoms with Crippen LogP contribution in [0.2, 0.25) is 0 Å². The van der Waals surface area contributed by atoms with Crippen LogP contribution >= 0.6 is 11.5 Å². The number of aliphatic hydroxyl groups excluding tert-OH is 1. The molecule has 0 fully saturated rings. The van der Waals surface area contributed by atoms with Crippen LogP contribution in [-0.2, 0) is 29.4 Å². The fourth-order valence-electron chi connectivity index (χ4n) is 3.97. The summed E-state index contributed by atoms with van der Waals surface area (Å²) in [6.07, 6.45) is 2.61. The minimum absolute atomic E-state index is 0.0143. The van der Waals surface area contributed by atoms with Crippen molar-refractivity contribution in [2.24, 2.45) is 0 Å². The van der Waals surface area contributed by atoms with Gasteiger partial charge in [-0.25, -0.2) is 22.6 Å². The van der Waals surface area contributed by atoms with Crippen LogP contribution in [0.1, 0.15) is 23.1 Å². The Labute approximate surface area is 185 Å². The average Bonchev–Trinajstić information content (AvgIpc) is 3.35. The third kappa shape index (κ3) is 3.70. The number of nitrogens with zero attached hydrogens (tertiary/aromatic N) is 3. The van der Waals surface area contributed by atoms with E-state index >= 15 is 0 Å². The minimum Gasteiger partial charge on any atom is -0.408 e. The SMILES string of the molecule is O=c1oc2cc(S(=O)(=O)Nc3ncns3)c(F)cc2n1Cc1cccc2c1CC(O)CC2. The minimum atomic E-state index is -4.30. The first-order valence-electron chi connectivity index (χ1n) is 9.72. The summed E-state index contributed by atoms with van der Waals surface area (Å²) < 4.78 is 52.3. The number of fused-ring (bicyclic) bond motifs is 2. The van der Waals surface area contributed by atoms with E-state index < -0.39 is 32.6 Å². The van der Waals surface area contributed by atoms with Crippen LogP contribution in [0.25, 0.3) is 11.1 Å². The summed E-state index contributed by atoms with van der Waals surface area (Å²) in [5, 5.41) is 10.0. The van der Waals surface area contributed by atoms with Crippen molar-refractivity contribution in [1.82, 2.24) is 13.9 Å². The summed E-state index contributed by atoms with van der Waals surface area (Å²) >= 11 is 0.804. The van der Waals surface area contributed by atoms with Crippen LogP contribution in [0.4, 0.5) is 9.52 Å². The van der Waals surface area contributed by atoms with Gasteiger partial charge in [0.25, 0.3) is 10.0 Å². The van der Waals surface area contributed by atoms with Crippen molar-refractivity contribution in [3.8, 4) is 0 Å². The van der Waals surface area contributed by atoms with E-state index in [1.807, 2.05) is 18.2 Å². The van der Waals surface area contributed by atoms with Gasteiger partial charge in [0.2, 0.25) is 5.13 Å². The molecule has 5 rings (SSSR count). The molecule has 1 unspecified atom stereocenters. The molecule has 12 heteroatoms. The van der Waals surface area contributed by atoms with Gasteiger partial charge in [0.05, 0.1) is 18.2 Å². The van der Waals surface area contributed by atoms with Gasteiger partial charge in [-0.3, -0.25) is 9.29 Å². The van der Waals surface area contributed by atoms with Crippen molar-refractivity contribution in [3.05, 3.63) is 69.7 Å².